The summed E-state index contributed by atoms with van der Waals surface area (Å²) in [7, 11) is 0. The third kappa shape index (κ3) is 4.54. The Morgan fingerprint density at radius 1 is 1.00 bits per heavy atom. The first-order chi connectivity index (χ1) is 17.3. The van der Waals surface area contributed by atoms with Gasteiger partial charge in [0, 0.05) is 16.9 Å². The Morgan fingerprint density at radius 3 is 2.39 bits per heavy atom. The first-order valence-corrected chi connectivity index (χ1v) is 12.3. The van der Waals surface area contributed by atoms with Crippen molar-refractivity contribution < 1.29 is 8.91 Å². The van der Waals surface area contributed by atoms with Crippen LogP contribution in [0, 0.1) is 19.7 Å². The molecule has 0 amide bonds. The maximum Gasteiger partial charge on any atom is 0.258 e. The summed E-state index contributed by atoms with van der Waals surface area (Å²) in [5.41, 5.74) is 7.81. The minimum atomic E-state index is -0.353. The second-order valence-electron chi connectivity index (χ2n) is 9.09. The lowest BCUT2D eigenvalue weighted by Gasteiger charge is -2.37. The summed E-state index contributed by atoms with van der Waals surface area (Å²) in [6.45, 7) is 8.28. The number of thiocarbonyl (C=S) groups is 1. The Kier molecular flexibility index (Phi) is 6.41. The minimum Gasteiger partial charge on any atom is -0.351 e. The standard InChI is InChI=1S/C29H27FN4OS/c1-5-20-9-11-21(12-10-20)26-25(28-32-27(33-35-28)22-7-6-8-23(30)16-22)19(4)34(29(36)31-26)24-14-17(2)13-18(3)15-24/h6-16,26H,5H2,1-4H3,(H,31,36). The predicted molar refractivity (Wildman–Crippen MR) is 145 cm³/mol. The van der Waals surface area contributed by atoms with Crippen molar-refractivity contribution in [2.75, 3.05) is 4.90 Å². The zero-order valence-electron chi connectivity index (χ0n) is 20.7. The zero-order valence-corrected chi connectivity index (χ0v) is 21.5. The van der Waals surface area contributed by atoms with Gasteiger partial charge in [-0.05, 0) is 85.9 Å². The molecular weight excluding hydrogens is 471 g/mol. The normalized spacial score (nSPS) is 15.9. The van der Waals surface area contributed by atoms with Crippen molar-refractivity contribution in [2.45, 2.75) is 40.2 Å². The number of halogens is 1. The summed E-state index contributed by atoms with van der Waals surface area (Å²) in [4.78, 5) is 6.69. The second kappa shape index (κ2) is 9.66. The molecule has 4 aromatic rings. The smallest absolute Gasteiger partial charge is 0.258 e. The summed E-state index contributed by atoms with van der Waals surface area (Å²) in [6, 6.07) is 20.7. The van der Waals surface area contributed by atoms with Crippen LogP contribution in [-0.2, 0) is 6.42 Å². The van der Waals surface area contributed by atoms with Gasteiger partial charge in [-0.2, -0.15) is 4.98 Å². The van der Waals surface area contributed by atoms with Gasteiger partial charge < -0.3 is 9.84 Å². The lowest BCUT2D eigenvalue weighted by atomic mass is 9.93. The molecule has 1 aromatic heterocycles. The second-order valence-corrected chi connectivity index (χ2v) is 9.48. The first-order valence-electron chi connectivity index (χ1n) is 11.9. The molecule has 0 radical (unpaired) electrons. The van der Waals surface area contributed by atoms with Gasteiger partial charge in [-0.25, -0.2) is 4.39 Å². The molecule has 0 bridgehead atoms. The highest BCUT2D eigenvalue weighted by Gasteiger charge is 2.35. The third-order valence-corrected chi connectivity index (χ3v) is 6.71. The maximum atomic E-state index is 13.8. The van der Waals surface area contributed by atoms with E-state index in [-0.39, 0.29) is 11.9 Å². The van der Waals surface area contributed by atoms with Gasteiger partial charge in [-0.15, -0.1) is 0 Å². The molecule has 1 unspecified atom stereocenters. The lowest BCUT2D eigenvalue weighted by molar-refractivity contribution is 0.404. The Labute approximate surface area is 215 Å². The number of anilines is 1. The van der Waals surface area contributed by atoms with Gasteiger partial charge >= 0.3 is 0 Å². The highest BCUT2D eigenvalue weighted by atomic mass is 32.1. The molecule has 7 heteroatoms. The van der Waals surface area contributed by atoms with Gasteiger partial charge in [0.1, 0.15) is 5.82 Å². The van der Waals surface area contributed by atoms with Gasteiger partial charge in [0.05, 0.1) is 11.6 Å². The fourth-order valence-electron chi connectivity index (χ4n) is 4.68. The van der Waals surface area contributed by atoms with E-state index in [1.54, 1.807) is 12.1 Å². The average Bonchev–Trinajstić information content (AvgIpc) is 3.33. The molecule has 5 nitrogen and oxygen atoms in total. The molecule has 5 rings (SSSR count). The molecule has 1 aliphatic rings. The summed E-state index contributed by atoms with van der Waals surface area (Å²) < 4.78 is 19.6. The quantitative estimate of drug-likeness (QED) is 0.301. The molecule has 2 heterocycles. The van der Waals surface area contributed by atoms with E-state index in [9.17, 15) is 4.39 Å². The maximum absolute atomic E-state index is 13.8. The van der Waals surface area contributed by atoms with Gasteiger partial charge in [0.25, 0.3) is 5.89 Å². The Bertz CT molecular complexity index is 1450. The lowest BCUT2D eigenvalue weighted by Crippen LogP contribution is -2.46. The minimum absolute atomic E-state index is 0.286. The van der Waals surface area contributed by atoms with Crippen LogP contribution in [0.2, 0.25) is 0 Å². The van der Waals surface area contributed by atoms with E-state index in [0.717, 1.165) is 40.1 Å². The van der Waals surface area contributed by atoms with Gasteiger partial charge in [-0.1, -0.05) is 54.5 Å². The van der Waals surface area contributed by atoms with Crippen LogP contribution >= 0.6 is 12.2 Å². The SMILES string of the molecule is CCc1ccc(C2NC(=S)N(c3cc(C)cc(C)c3)C(C)=C2c2nc(-c3cccc(F)c3)no2)cc1. The Hall–Kier alpha value is -3.84. The van der Waals surface area contributed by atoms with Crippen molar-refractivity contribution in [2.24, 2.45) is 0 Å². The van der Waals surface area contributed by atoms with Crippen LogP contribution in [-0.4, -0.2) is 15.3 Å². The van der Waals surface area contributed by atoms with Gasteiger partial charge in [-0.3, -0.25) is 4.90 Å². The number of aromatic nitrogens is 2. The van der Waals surface area contributed by atoms with E-state index in [1.807, 2.05) is 11.8 Å². The molecule has 0 saturated carbocycles. The van der Waals surface area contributed by atoms with Crippen molar-refractivity contribution in [1.29, 1.82) is 0 Å². The number of hydrogen-bond acceptors (Lipinski definition) is 4. The van der Waals surface area contributed by atoms with Crippen molar-refractivity contribution in [3.63, 3.8) is 0 Å². The van der Waals surface area contributed by atoms with E-state index in [0.29, 0.717) is 22.4 Å². The van der Waals surface area contributed by atoms with Crippen LogP contribution in [0.1, 0.15) is 48.0 Å². The van der Waals surface area contributed by atoms with E-state index in [2.05, 4.69) is 78.7 Å². The molecular formula is C29H27FN4OS. The molecule has 36 heavy (non-hydrogen) atoms. The van der Waals surface area contributed by atoms with Crippen LogP contribution in [0.25, 0.3) is 17.0 Å². The van der Waals surface area contributed by atoms with E-state index in [1.165, 1.54) is 17.7 Å². The van der Waals surface area contributed by atoms with Gasteiger partial charge in [0.15, 0.2) is 5.11 Å². The van der Waals surface area contributed by atoms with Gasteiger partial charge in [0.2, 0.25) is 5.82 Å². The number of allylic oxidation sites excluding steroid dienone is 1. The number of nitrogens with zero attached hydrogens (tertiary/aromatic N) is 3. The number of aryl methyl sites for hydroxylation is 3. The van der Waals surface area contributed by atoms with E-state index >= 15 is 0 Å². The van der Waals surface area contributed by atoms with Crippen LogP contribution < -0.4 is 10.2 Å². The fourth-order valence-corrected chi connectivity index (χ4v) is 5.04. The van der Waals surface area contributed by atoms with Crippen molar-refractivity contribution in [1.82, 2.24) is 15.5 Å². The molecule has 1 N–H and O–H groups in total. The van der Waals surface area contributed by atoms with Crippen molar-refractivity contribution in [3.05, 3.63) is 106 Å². The summed E-state index contributed by atoms with van der Waals surface area (Å²) in [5.74, 6) is 0.338. The largest absolute Gasteiger partial charge is 0.351 e. The summed E-state index contributed by atoms with van der Waals surface area (Å²) >= 11 is 5.87. The summed E-state index contributed by atoms with van der Waals surface area (Å²) in [5, 5.41) is 8.27. The first kappa shape index (κ1) is 23.9. The average molecular weight is 499 g/mol. The highest BCUT2D eigenvalue weighted by Crippen LogP contribution is 2.39. The number of nitrogens with one attached hydrogen (secondary N) is 1. The summed E-state index contributed by atoms with van der Waals surface area (Å²) in [6.07, 6.45) is 0.958. The topological polar surface area (TPSA) is 54.2 Å². The van der Waals surface area contributed by atoms with Crippen LogP contribution in [0.15, 0.2) is 77.0 Å². The highest BCUT2D eigenvalue weighted by molar-refractivity contribution is 7.80. The molecule has 0 saturated heterocycles. The molecule has 1 aliphatic heterocycles. The van der Waals surface area contributed by atoms with Crippen LogP contribution in [0.5, 0.6) is 0 Å². The molecule has 0 spiro atoms. The number of hydrogen-bond donors (Lipinski definition) is 1. The van der Waals surface area contributed by atoms with Crippen molar-refractivity contribution >= 4 is 28.6 Å². The number of benzene rings is 3. The van der Waals surface area contributed by atoms with Crippen molar-refractivity contribution in [3.8, 4) is 11.4 Å². The van der Waals surface area contributed by atoms with Crippen LogP contribution in [0.4, 0.5) is 10.1 Å². The molecule has 0 aliphatic carbocycles. The van der Waals surface area contributed by atoms with Crippen LogP contribution in [0.3, 0.4) is 0 Å². The third-order valence-electron chi connectivity index (χ3n) is 6.41. The fraction of sp³-hybridized carbons (Fsp3) is 0.207. The Balaban J connectivity index is 1.66. The van der Waals surface area contributed by atoms with E-state index < -0.39 is 0 Å². The Morgan fingerprint density at radius 2 is 1.72 bits per heavy atom. The zero-order chi connectivity index (χ0) is 25.4. The molecule has 182 valence electrons. The predicted octanol–water partition coefficient (Wildman–Crippen LogP) is 6.92. The molecule has 0 fully saturated rings. The molecule has 1 atom stereocenters. The number of rotatable bonds is 5. The molecule has 3 aromatic carbocycles. The van der Waals surface area contributed by atoms with E-state index in [4.69, 9.17) is 16.7 Å². The monoisotopic (exact) mass is 498 g/mol.